The lowest BCUT2D eigenvalue weighted by atomic mass is 9.72. The third-order valence-electron chi connectivity index (χ3n) is 6.80. The fourth-order valence-corrected chi connectivity index (χ4v) is 4.89. The van der Waals surface area contributed by atoms with Gasteiger partial charge < -0.3 is 20.3 Å². The average molecular weight is 376 g/mol. The number of carbonyl (C=O) groups is 1. The van der Waals surface area contributed by atoms with Crippen molar-refractivity contribution in [3.05, 3.63) is 23.8 Å². The average Bonchev–Trinajstić information content (AvgIpc) is 3.29. The number of aliphatic hydroxyl groups is 1. The van der Waals surface area contributed by atoms with Gasteiger partial charge in [0.25, 0.3) is 0 Å². The van der Waals surface area contributed by atoms with Crippen molar-refractivity contribution in [2.45, 2.75) is 70.5 Å². The monoisotopic (exact) mass is 375 g/mol. The summed E-state index contributed by atoms with van der Waals surface area (Å²) in [6.07, 6.45) is 5.68. The summed E-state index contributed by atoms with van der Waals surface area (Å²) in [7, 11) is 1.65. The maximum Gasteiger partial charge on any atom is 0.161 e. The Bertz CT molecular complexity index is 668. The molecule has 0 aromatic heterocycles. The number of rotatable bonds is 7. The zero-order valence-electron chi connectivity index (χ0n) is 16.7. The number of ether oxygens (including phenoxy) is 2. The highest BCUT2D eigenvalue weighted by atomic mass is 16.5. The van der Waals surface area contributed by atoms with E-state index in [2.05, 4.69) is 13.0 Å². The van der Waals surface area contributed by atoms with E-state index in [1.807, 2.05) is 19.1 Å². The molecule has 0 spiro atoms. The Morgan fingerprint density at radius 3 is 2.63 bits per heavy atom. The van der Waals surface area contributed by atoms with Crippen LogP contribution in [0.15, 0.2) is 18.2 Å². The number of benzene rings is 1. The highest BCUT2D eigenvalue weighted by Crippen LogP contribution is 2.55. The largest absolute Gasteiger partial charge is 0.493 e. The SMILES string of the molecule is COc1ccc([C@@H]2CC(C(=O)CN)C[C@@]2(C)[C@@H](C)O)cc1OC1CCCC1. The molecule has 0 saturated heterocycles. The van der Waals surface area contributed by atoms with Gasteiger partial charge in [0, 0.05) is 11.3 Å². The molecule has 0 aliphatic heterocycles. The van der Waals surface area contributed by atoms with E-state index in [4.69, 9.17) is 15.2 Å². The van der Waals surface area contributed by atoms with Crippen LogP contribution in [0.4, 0.5) is 0 Å². The van der Waals surface area contributed by atoms with E-state index in [1.165, 1.54) is 12.8 Å². The lowest BCUT2D eigenvalue weighted by molar-refractivity contribution is -0.121. The predicted molar refractivity (Wildman–Crippen MR) is 105 cm³/mol. The van der Waals surface area contributed by atoms with Gasteiger partial charge in [-0.3, -0.25) is 4.79 Å². The normalized spacial score (nSPS) is 29.7. The van der Waals surface area contributed by atoms with Gasteiger partial charge in [-0.25, -0.2) is 0 Å². The van der Waals surface area contributed by atoms with Crippen LogP contribution in [0.5, 0.6) is 11.5 Å². The van der Waals surface area contributed by atoms with Crippen molar-refractivity contribution in [1.29, 1.82) is 0 Å². The van der Waals surface area contributed by atoms with Crippen LogP contribution in [0.3, 0.4) is 0 Å². The molecule has 0 radical (unpaired) electrons. The summed E-state index contributed by atoms with van der Waals surface area (Å²) in [5.74, 6) is 1.57. The number of Topliss-reactive ketones (excluding diaryl/α,β-unsaturated/α-hetero) is 1. The first-order valence-corrected chi connectivity index (χ1v) is 10.1. The highest BCUT2D eigenvalue weighted by molar-refractivity contribution is 5.83. The maximum atomic E-state index is 12.2. The molecule has 1 aromatic carbocycles. The summed E-state index contributed by atoms with van der Waals surface area (Å²) in [5.41, 5.74) is 6.34. The number of hydrogen-bond acceptors (Lipinski definition) is 5. The predicted octanol–water partition coefficient (Wildman–Crippen LogP) is 3.43. The summed E-state index contributed by atoms with van der Waals surface area (Å²) in [6, 6.07) is 6.04. The van der Waals surface area contributed by atoms with E-state index in [0.717, 1.165) is 29.9 Å². The van der Waals surface area contributed by atoms with Crippen LogP contribution in [0.25, 0.3) is 0 Å². The summed E-state index contributed by atoms with van der Waals surface area (Å²) < 4.78 is 11.8. The van der Waals surface area contributed by atoms with E-state index in [9.17, 15) is 9.90 Å². The first-order valence-electron chi connectivity index (χ1n) is 10.1. The van der Waals surface area contributed by atoms with E-state index < -0.39 is 6.10 Å². The minimum absolute atomic E-state index is 0.0614. The first-order chi connectivity index (χ1) is 12.9. The molecular weight excluding hydrogens is 342 g/mol. The van der Waals surface area contributed by atoms with Crippen LogP contribution in [0.2, 0.25) is 0 Å². The molecule has 2 aliphatic rings. The zero-order valence-corrected chi connectivity index (χ0v) is 16.7. The molecule has 0 heterocycles. The molecule has 2 fully saturated rings. The summed E-state index contributed by atoms with van der Waals surface area (Å²) in [6.45, 7) is 3.96. The van der Waals surface area contributed by atoms with Gasteiger partial charge in [-0.1, -0.05) is 13.0 Å². The van der Waals surface area contributed by atoms with E-state index >= 15 is 0 Å². The maximum absolute atomic E-state index is 12.2. The lowest BCUT2D eigenvalue weighted by Crippen LogP contribution is -2.33. The molecule has 5 heteroatoms. The molecule has 5 nitrogen and oxygen atoms in total. The van der Waals surface area contributed by atoms with Gasteiger partial charge in [-0.15, -0.1) is 0 Å². The molecule has 1 aromatic rings. The Hall–Kier alpha value is -1.59. The second-order valence-corrected chi connectivity index (χ2v) is 8.48. The Labute approximate surface area is 162 Å². The second kappa shape index (κ2) is 8.19. The van der Waals surface area contributed by atoms with Gasteiger partial charge >= 0.3 is 0 Å². The van der Waals surface area contributed by atoms with Crippen molar-refractivity contribution in [1.82, 2.24) is 0 Å². The molecule has 1 unspecified atom stereocenters. The highest BCUT2D eigenvalue weighted by Gasteiger charge is 2.49. The van der Waals surface area contributed by atoms with Gasteiger partial charge in [0.2, 0.25) is 0 Å². The van der Waals surface area contributed by atoms with Crippen LogP contribution in [0.1, 0.15) is 63.9 Å². The van der Waals surface area contributed by atoms with Crippen molar-refractivity contribution in [2.75, 3.05) is 13.7 Å². The minimum atomic E-state index is -0.514. The second-order valence-electron chi connectivity index (χ2n) is 8.48. The number of aliphatic hydroxyl groups excluding tert-OH is 1. The van der Waals surface area contributed by atoms with Crippen LogP contribution < -0.4 is 15.2 Å². The van der Waals surface area contributed by atoms with Crippen molar-refractivity contribution >= 4 is 5.78 Å². The standard InChI is InChI=1S/C22H33NO4/c1-14(24)22(2)12-16(19(25)13-23)10-18(22)15-8-9-20(26-3)21(11-15)27-17-6-4-5-7-17/h8-9,11,14,16-18,24H,4-7,10,12-13,23H2,1-3H3/t14-,16?,18+,22+/m1/s1. The zero-order chi connectivity index (χ0) is 19.6. The van der Waals surface area contributed by atoms with Crippen molar-refractivity contribution in [3.8, 4) is 11.5 Å². The lowest BCUT2D eigenvalue weighted by Gasteiger charge is -2.35. The van der Waals surface area contributed by atoms with Gasteiger partial charge in [-0.2, -0.15) is 0 Å². The molecule has 150 valence electrons. The molecule has 2 saturated carbocycles. The Morgan fingerprint density at radius 2 is 2.04 bits per heavy atom. The fourth-order valence-electron chi connectivity index (χ4n) is 4.89. The third-order valence-corrected chi connectivity index (χ3v) is 6.80. The molecular formula is C22H33NO4. The van der Waals surface area contributed by atoms with Gasteiger partial charge in [0.1, 0.15) is 5.78 Å². The summed E-state index contributed by atoms with van der Waals surface area (Å²) in [4.78, 5) is 12.2. The molecule has 0 bridgehead atoms. The van der Waals surface area contributed by atoms with E-state index in [1.54, 1.807) is 7.11 Å². The Kier molecular flexibility index (Phi) is 6.11. The summed E-state index contributed by atoms with van der Waals surface area (Å²) >= 11 is 0. The topological polar surface area (TPSA) is 81.8 Å². The van der Waals surface area contributed by atoms with Crippen LogP contribution in [-0.2, 0) is 4.79 Å². The fraction of sp³-hybridized carbons (Fsp3) is 0.682. The van der Waals surface area contributed by atoms with Crippen molar-refractivity contribution in [2.24, 2.45) is 17.1 Å². The molecule has 4 atom stereocenters. The molecule has 0 amide bonds. The minimum Gasteiger partial charge on any atom is -0.493 e. The molecule has 3 rings (SSSR count). The van der Waals surface area contributed by atoms with Gasteiger partial charge in [0.05, 0.1) is 25.9 Å². The quantitative estimate of drug-likeness (QED) is 0.763. The molecule has 2 aliphatic carbocycles. The third kappa shape index (κ3) is 3.99. The number of carbonyl (C=O) groups excluding carboxylic acids is 1. The van der Waals surface area contributed by atoms with Gasteiger partial charge in [-0.05, 0) is 69.1 Å². The Morgan fingerprint density at radius 1 is 1.33 bits per heavy atom. The molecule has 3 N–H and O–H groups in total. The van der Waals surface area contributed by atoms with Crippen molar-refractivity contribution in [3.63, 3.8) is 0 Å². The number of hydrogen-bond donors (Lipinski definition) is 2. The van der Waals surface area contributed by atoms with E-state index in [-0.39, 0.29) is 35.7 Å². The van der Waals surface area contributed by atoms with Crippen molar-refractivity contribution < 1.29 is 19.4 Å². The molecule has 27 heavy (non-hydrogen) atoms. The van der Waals surface area contributed by atoms with E-state index in [0.29, 0.717) is 12.8 Å². The Balaban J connectivity index is 1.91. The first kappa shape index (κ1) is 20.2. The van der Waals surface area contributed by atoms with Crippen LogP contribution in [-0.4, -0.2) is 36.8 Å². The number of methoxy groups -OCH3 is 1. The van der Waals surface area contributed by atoms with Gasteiger partial charge in [0.15, 0.2) is 11.5 Å². The van der Waals surface area contributed by atoms with Crippen LogP contribution >= 0.6 is 0 Å². The van der Waals surface area contributed by atoms with Crippen LogP contribution in [0, 0.1) is 11.3 Å². The number of ketones is 1. The number of nitrogens with two attached hydrogens (primary N) is 1. The smallest absolute Gasteiger partial charge is 0.161 e. The summed E-state index contributed by atoms with van der Waals surface area (Å²) in [5, 5.41) is 10.5.